The minimum absolute atomic E-state index is 0.000518. The Kier molecular flexibility index (Phi) is 7.54. The van der Waals surface area contributed by atoms with Gasteiger partial charge in [0.05, 0.1) is 13.1 Å². The zero-order valence-corrected chi connectivity index (χ0v) is 10.4. The number of rotatable bonds is 7. The SMILES string of the molecule is CCC(CC)C(C)NC(=O)CNC(=O)CN. The Morgan fingerprint density at radius 3 is 2.19 bits per heavy atom. The lowest BCUT2D eigenvalue weighted by atomic mass is 9.95. The van der Waals surface area contributed by atoms with Gasteiger partial charge in [0.2, 0.25) is 11.8 Å². The van der Waals surface area contributed by atoms with E-state index >= 15 is 0 Å². The lowest BCUT2D eigenvalue weighted by molar-refractivity contribution is -0.125. The lowest BCUT2D eigenvalue weighted by Gasteiger charge is -2.22. The molecular formula is C11H23N3O2. The number of carbonyl (C=O) groups is 2. The molecule has 0 aliphatic rings. The zero-order valence-electron chi connectivity index (χ0n) is 10.4. The molecule has 5 heteroatoms. The van der Waals surface area contributed by atoms with Crippen LogP contribution in [0.3, 0.4) is 0 Å². The van der Waals surface area contributed by atoms with Crippen LogP contribution in [0.15, 0.2) is 0 Å². The van der Waals surface area contributed by atoms with Crippen LogP contribution in [0.4, 0.5) is 0 Å². The fourth-order valence-corrected chi connectivity index (χ4v) is 1.67. The first kappa shape index (κ1) is 14.9. The molecule has 16 heavy (non-hydrogen) atoms. The molecule has 0 spiro atoms. The summed E-state index contributed by atoms with van der Waals surface area (Å²) in [5.74, 6) is 0.000645. The van der Waals surface area contributed by atoms with Gasteiger partial charge in [0.1, 0.15) is 0 Å². The fourth-order valence-electron chi connectivity index (χ4n) is 1.67. The van der Waals surface area contributed by atoms with Crippen molar-refractivity contribution in [1.29, 1.82) is 0 Å². The molecule has 0 saturated carbocycles. The van der Waals surface area contributed by atoms with Crippen molar-refractivity contribution in [3.63, 3.8) is 0 Å². The summed E-state index contributed by atoms with van der Waals surface area (Å²) >= 11 is 0. The van der Waals surface area contributed by atoms with Crippen molar-refractivity contribution >= 4 is 11.8 Å². The highest BCUT2D eigenvalue weighted by Gasteiger charge is 2.15. The van der Waals surface area contributed by atoms with Crippen molar-refractivity contribution < 1.29 is 9.59 Å². The molecule has 0 aromatic carbocycles. The molecule has 1 atom stereocenters. The average molecular weight is 229 g/mol. The van der Waals surface area contributed by atoms with E-state index in [4.69, 9.17) is 5.73 Å². The monoisotopic (exact) mass is 229 g/mol. The van der Waals surface area contributed by atoms with Gasteiger partial charge in [-0.2, -0.15) is 0 Å². The average Bonchev–Trinajstić information content (AvgIpc) is 2.27. The maximum Gasteiger partial charge on any atom is 0.239 e. The van der Waals surface area contributed by atoms with Crippen molar-refractivity contribution in [1.82, 2.24) is 10.6 Å². The van der Waals surface area contributed by atoms with Gasteiger partial charge < -0.3 is 16.4 Å². The first-order chi connectivity index (χ1) is 7.54. The standard InChI is InChI=1S/C11H23N3O2/c1-4-9(5-2)8(3)14-11(16)7-13-10(15)6-12/h8-9H,4-7,12H2,1-3H3,(H,13,15)(H,14,16). The Bertz CT molecular complexity index is 227. The van der Waals surface area contributed by atoms with Crippen molar-refractivity contribution in [3.8, 4) is 0 Å². The predicted molar refractivity (Wildman–Crippen MR) is 63.7 cm³/mol. The van der Waals surface area contributed by atoms with E-state index in [1.165, 1.54) is 0 Å². The van der Waals surface area contributed by atoms with Gasteiger partial charge >= 0.3 is 0 Å². The highest BCUT2D eigenvalue weighted by Crippen LogP contribution is 2.12. The smallest absolute Gasteiger partial charge is 0.239 e. The second-order valence-corrected chi connectivity index (χ2v) is 3.91. The molecule has 4 N–H and O–H groups in total. The zero-order chi connectivity index (χ0) is 12.6. The molecule has 0 heterocycles. The second-order valence-electron chi connectivity index (χ2n) is 3.91. The molecule has 0 saturated heterocycles. The molecule has 94 valence electrons. The quantitative estimate of drug-likeness (QED) is 0.574. The lowest BCUT2D eigenvalue weighted by Crippen LogP contribution is -2.44. The normalized spacial score (nSPS) is 12.3. The van der Waals surface area contributed by atoms with E-state index in [1.807, 2.05) is 6.92 Å². The van der Waals surface area contributed by atoms with Gasteiger partial charge in [0.25, 0.3) is 0 Å². The van der Waals surface area contributed by atoms with Crippen molar-refractivity contribution in [2.24, 2.45) is 11.7 Å². The maximum absolute atomic E-state index is 11.4. The highest BCUT2D eigenvalue weighted by atomic mass is 16.2. The van der Waals surface area contributed by atoms with E-state index in [0.717, 1.165) is 12.8 Å². The molecular weight excluding hydrogens is 206 g/mol. The van der Waals surface area contributed by atoms with Crippen LogP contribution in [-0.4, -0.2) is 30.9 Å². The minimum atomic E-state index is -0.315. The third-order valence-electron chi connectivity index (χ3n) is 2.78. The second kappa shape index (κ2) is 8.10. The van der Waals surface area contributed by atoms with Gasteiger partial charge in [-0.3, -0.25) is 9.59 Å². The van der Waals surface area contributed by atoms with Crippen LogP contribution in [-0.2, 0) is 9.59 Å². The van der Waals surface area contributed by atoms with Crippen molar-refractivity contribution in [2.45, 2.75) is 39.7 Å². The first-order valence-electron chi connectivity index (χ1n) is 5.81. The molecule has 0 fully saturated rings. The fraction of sp³-hybridized carbons (Fsp3) is 0.818. The van der Waals surface area contributed by atoms with Crippen LogP contribution in [0.1, 0.15) is 33.6 Å². The van der Waals surface area contributed by atoms with E-state index in [0.29, 0.717) is 5.92 Å². The molecule has 2 amide bonds. The van der Waals surface area contributed by atoms with Gasteiger partial charge in [-0.25, -0.2) is 0 Å². The molecule has 5 nitrogen and oxygen atoms in total. The van der Waals surface area contributed by atoms with Crippen molar-refractivity contribution in [2.75, 3.05) is 13.1 Å². The molecule has 0 bridgehead atoms. The van der Waals surface area contributed by atoms with Crippen LogP contribution in [0.25, 0.3) is 0 Å². The van der Waals surface area contributed by atoms with Gasteiger partial charge in [0.15, 0.2) is 0 Å². The number of amides is 2. The van der Waals surface area contributed by atoms with E-state index < -0.39 is 0 Å². The molecule has 0 aromatic heterocycles. The maximum atomic E-state index is 11.4. The Morgan fingerprint density at radius 1 is 1.19 bits per heavy atom. The number of hydrogen-bond donors (Lipinski definition) is 3. The Morgan fingerprint density at radius 2 is 1.75 bits per heavy atom. The number of nitrogens with one attached hydrogen (secondary N) is 2. The molecule has 0 rings (SSSR count). The third kappa shape index (κ3) is 5.70. The number of nitrogens with two attached hydrogens (primary N) is 1. The summed E-state index contributed by atoms with van der Waals surface area (Å²) < 4.78 is 0. The molecule has 1 unspecified atom stereocenters. The minimum Gasteiger partial charge on any atom is -0.352 e. The summed E-state index contributed by atoms with van der Waals surface area (Å²) in [5.41, 5.74) is 5.11. The topological polar surface area (TPSA) is 84.2 Å². The molecule has 0 aliphatic carbocycles. The first-order valence-corrected chi connectivity index (χ1v) is 5.81. The predicted octanol–water partition coefficient (Wildman–Crippen LogP) is 0.00220. The van der Waals surface area contributed by atoms with Gasteiger partial charge in [-0.15, -0.1) is 0 Å². The summed E-state index contributed by atoms with van der Waals surface area (Å²) in [6, 6.07) is 0.136. The van der Waals surface area contributed by atoms with Gasteiger partial charge in [-0.1, -0.05) is 26.7 Å². The Labute approximate surface area is 97.2 Å². The summed E-state index contributed by atoms with van der Waals surface area (Å²) in [6.45, 7) is 6.11. The summed E-state index contributed by atoms with van der Waals surface area (Å²) in [6.07, 6.45) is 2.07. The highest BCUT2D eigenvalue weighted by molar-refractivity contribution is 5.85. The summed E-state index contributed by atoms with van der Waals surface area (Å²) in [5, 5.41) is 5.30. The molecule has 0 radical (unpaired) electrons. The van der Waals surface area contributed by atoms with E-state index in [1.54, 1.807) is 0 Å². The van der Waals surface area contributed by atoms with Crippen LogP contribution < -0.4 is 16.4 Å². The van der Waals surface area contributed by atoms with E-state index in [2.05, 4.69) is 24.5 Å². The van der Waals surface area contributed by atoms with Crippen molar-refractivity contribution in [3.05, 3.63) is 0 Å². The number of hydrogen-bond acceptors (Lipinski definition) is 3. The summed E-state index contributed by atoms with van der Waals surface area (Å²) in [7, 11) is 0. The van der Waals surface area contributed by atoms with Crippen LogP contribution >= 0.6 is 0 Å². The third-order valence-corrected chi connectivity index (χ3v) is 2.78. The Hall–Kier alpha value is -1.10. The Balaban J connectivity index is 3.90. The van der Waals surface area contributed by atoms with Crippen LogP contribution in [0.5, 0.6) is 0 Å². The van der Waals surface area contributed by atoms with Gasteiger partial charge in [0, 0.05) is 6.04 Å². The van der Waals surface area contributed by atoms with E-state index in [9.17, 15) is 9.59 Å². The largest absolute Gasteiger partial charge is 0.352 e. The van der Waals surface area contributed by atoms with Gasteiger partial charge in [-0.05, 0) is 12.8 Å². The van der Waals surface area contributed by atoms with E-state index in [-0.39, 0.29) is 30.9 Å². The van der Waals surface area contributed by atoms with Crippen LogP contribution in [0.2, 0.25) is 0 Å². The summed E-state index contributed by atoms with van der Waals surface area (Å²) in [4.78, 5) is 22.3. The molecule has 0 aromatic rings. The van der Waals surface area contributed by atoms with Crippen LogP contribution in [0, 0.1) is 5.92 Å². The molecule has 0 aliphatic heterocycles. The number of carbonyl (C=O) groups excluding carboxylic acids is 2.